The van der Waals surface area contributed by atoms with Gasteiger partial charge in [-0.25, -0.2) is 0 Å². The number of Topliss-reactive ketones (excluding diaryl/α,β-unsaturated/α-hetero) is 1. The number of methoxy groups -OCH3 is 2. The van der Waals surface area contributed by atoms with Crippen LogP contribution in [0.15, 0.2) is 42.5 Å². The van der Waals surface area contributed by atoms with E-state index in [9.17, 15) is 9.59 Å². The van der Waals surface area contributed by atoms with Crippen molar-refractivity contribution < 1.29 is 23.8 Å². The molecule has 0 heterocycles. The van der Waals surface area contributed by atoms with Crippen LogP contribution in [0, 0.1) is 0 Å². The Morgan fingerprint density at radius 2 is 1.75 bits per heavy atom. The second-order valence-electron chi connectivity index (χ2n) is 4.99. The van der Waals surface area contributed by atoms with Gasteiger partial charge in [0.2, 0.25) is 0 Å². The number of ether oxygens (including phenoxy) is 3. The van der Waals surface area contributed by atoms with Gasteiger partial charge in [0.25, 0.3) is 5.91 Å². The molecule has 0 fully saturated rings. The zero-order chi connectivity index (χ0) is 17.5. The predicted molar refractivity (Wildman–Crippen MR) is 90.1 cm³/mol. The largest absolute Gasteiger partial charge is 0.497 e. The van der Waals surface area contributed by atoms with Gasteiger partial charge in [0.1, 0.15) is 17.2 Å². The molecule has 0 saturated carbocycles. The fourth-order valence-corrected chi connectivity index (χ4v) is 2.05. The maximum Gasteiger partial charge on any atom is 0.262 e. The molecule has 0 aliphatic rings. The number of benzene rings is 2. The average Bonchev–Trinajstić information content (AvgIpc) is 2.60. The first-order valence-corrected chi connectivity index (χ1v) is 7.29. The number of anilines is 1. The highest BCUT2D eigenvalue weighted by Crippen LogP contribution is 2.26. The molecular formula is C18H19NO5. The lowest BCUT2D eigenvalue weighted by Crippen LogP contribution is -2.20. The molecule has 1 N–H and O–H groups in total. The molecule has 0 aliphatic heterocycles. The van der Waals surface area contributed by atoms with E-state index in [2.05, 4.69) is 5.32 Å². The quantitative estimate of drug-likeness (QED) is 0.791. The van der Waals surface area contributed by atoms with Crippen LogP contribution in [0.5, 0.6) is 17.2 Å². The standard InChI is InChI=1S/C18H19NO5/c1-12(20)13-7-8-17(23-3)16(9-13)19-18(21)11-24-15-6-4-5-14(10-15)22-2/h4-10H,11H2,1-3H3,(H,19,21). The highest BCUT2D eigenvalue weighted by molar-refractivity contribution is 5.98. The van der Waals surface area contributed by atoms with Gasteiger partial charge >= 0.3 is 0 Å². The van der Waals surface area contributed by atoms with Crippen molar-refractivity contribution in [2.75, 3.05) is 26.1 Å². The Morgan fingerprint density at radius 3 is 2.42 bits per heavy atom. The van der Waals surface area contributed by atoms with Crippen molar-refractivity contribution in [1.82, 2.24) is 0 Å². The summed E-state index contributed by atoms with van der Waals surface area (Å²) in [7, 11) is 3.05. The second-order valence-corrected chi connectivity index (χ2v) is 4.99. The van der Waals surface area contributed by atoms with Gasteiger partial charge in [0.05, 0.1) is 19.9 Å². The van der Waals surface area contributed by atoms with E-state index in [0.29, 0.717) is 28.5 Å². The summed E-state index contributed by atoms with van der Waals surface area (Å²) in [6.45, 7) is 1.28. The molecule has 2 aromatic rings. The Bertz CT molecular complexity index is 742. The minimum absolute atomic E-state index is 0.0965. The molecule has 0 saturated heterocycles. The van der Waals surface area contributed by atoms with E-state index in [4.69, 9.17) is 14.2 Å². The summed E-state index contributed by atoms with van der Waals surface area (Å²) in [5.74, 6) is 1.17. The normalized spacial score (nSPS) is 9.96. The lowest BCUT2D eigenvalue weighted by molar-refractivity contribution is -0.118. The summed E-state index contributed by atoms with van der Waals surface area (Å²) in [4.78, 5) is 23.5. The fourth-order valence-electron chi connectivity index (χ4n) is 2.05. The third kappa shape index (κ3) is 4.49. The Morgan fingerprint density at radius 1 is 1.00 bits per heavy atom. The third-order valence-corrected chi connectivity index (χ3v) is 3.29. The van der Waals surface area contributed by atoms with Gasteiger partial charge in [-0.05, 0) is 37.3 Å². The summed E-state index contributed by atoms with van der Waals surface area (Å²) in [5, 5.41) is 2.68. The molecule has 0 aromatic heterocycles. The number of amides is 1. The van der Waals surface area contributed by atoms with Gasteiger partial charge in [0.15, 0.2) is 12.4 Å². The van der Waals surface area contributed by atoms with Crippen LogP contribution in [0.3, 0.4) is 0 Å². The monoisotopic (exact) mass is 329 g/mol. The van der Waals surface area contributed by atoms with Crippen LogP contribution in [-0.4, -0.2) is 32.5 Å². The van der Waals surface area contributed by atoms with Crippen molar-refractivity contribution in [3.05, 3.63) is 48.0 Å². The van der Waals surface area contributed by atoms with E-state index in [0.717, 1.165) is 0 Å². The number of ketones is 1. The Balaban J connectivity index is 2.03. The SMILES string of the molecule is COc1cccc(OCC(=O)Nc2cc(C(C)=O)ccc2OC)c1. The van der Waals surface area contributed by atoms with Crippen LogP contribution in [0.1, 0.15) is 17.3 Å². The van der Waals surface area contributed by atoms with Crippen molar-refractivity contribution in [1.29, 1.82) is 0 Å². The van der Waals surface area contributed by atoms with E-state index in [1.54, 1.807) is 49.6 Å². The van der Waals surface area contributed by atoms with Gasteiger partial charge < -0.3 is 19.5 Å². The molecule has 126 valence electrons. The van der Waals surface area contributed by atoms with Crippen LogP contribution in [0.4, 0.5) is 5.69 Å². The Hall–Kier alpha value is -3.02. The van der Waals surface area contributed by atoms with Crippen molar-refractivity contribution in [3.63, 3.8) is 0 Å². The minimum Gasteiger partial charge on any atom is -0.497 e. The molecule has 2 aromatic carbocycles. The molecular weight excluding hydrogens is 310 g/mol. The maximum absolute atomic E-state index is 12.1. The van der Waals surface area contributed by atoms with Gasteiger partial charge in [-0.3, -0.25) is 9.59 Å². The molecule has 6 nitrogen and oxygen atoms in total. The highest BCUT2D eigenvalue weighted by Gasteiger charge is 2.11. The fraction of sp³-hybridized carbons (Fsp3) is 0.222. The average molecular weight is 329 g/mol. The molecule has 0 bridgehead atoms. The molecule has 0 spiro atoms. The first-order valence-electron chi connectivity index (χ1n) is 7.29. The summed E-state index contributed by atoms with van der Waals surface area (Å²) >= 11 is 0. The topological polar surface area (TPSA) is 73.9 Å². The first kappa shape index (κ1) is 17.3. The molecule has 0 aliphatic carbocycles. The van der Waals surface area contributed by atoms with E-state index >= 15 is 0 Å². The summed E-state index contributed by atoms with van der Waals surface area (Å²) in [6, 6.07) is 11.8. The summed E-state index contributed by atoms with van der Waals surface area (Å²) < 4.78 is 15.7. The Kier molecular flexibility index (Phi) is 5.78. The zero-order valence-corrected chi connectivity index (χ0v) is 13.8. The third-order valence-electron chi connectivity index (χ3n) is 3.29. The summed E-state index contributed by atoms with van der Waals surface area (Å²) in [5.41, 5.74) is 0.907. The van der Waals surface area contributed by atoms with E-state index in [-0.39, 0.29) is 18.3 Å². The number of carbonyl (C=O) groups excluding carboxylic acids is 2. The molecule has 0 unspecified atom stereocenters. The van der Waals surface area contributed by atoms with E-state index in [1.165, 1.54) is 14.0 Å². The number of hydrogen-bond acceptors (Lipinski definition) is 5. The zero-order valence-electron chi connectivity index (χ0n) is 13.8. The number of rotatable bonds is 7. The lowest BCUT2D eigenvalue weighted by Gasteiger charge is -2.12. The molecule has 6 heteroatoms. The van der Waals surface area contributed by atoms with Crippen molar-refractivity contribution >= 4 is 17.4 Å². The van der Waals surface area contributed by atoms with Crippen molar-refractivity contribution in [2.45, 2.75) is 6.92 Å². The van der Waals surface area contributed by atoms with Gasteiger partial charge in [-0.2, -0.15) is 0 Å². The molecule has 0 radical (unpaired) electrons. The number of carbonyl (C=O) groups is 2. The lowest BCUT2D eigenvalue weighted by atomic mass is 10.1. The highest BCUT2D eigenvalue weighted by atomic mass is 16.5. The van der Waals surface area contributed by atoms with E-state index < -0.39 is 0 Å². The molecule has 0 atom stereocenters. The smallest absolute Gasteiger partial charge is 0.262 e. The number of hydrogen-bond donors (Lipinski definition) is 1. The van der Waals surface area contributed by atoms with Crippen LogP contribution < -0.4 is 19.5 Å². The van der Waals surface area contributed by atoms with E-state index in [1.807, 2.05) is 0 Å². The predicted octanol–water partition coefficient (Wildman–Crippen LogP) is 2.92. The molecule has 2 rings (SSSR count). The number of nitrogens with one attached hydrogen (secondary N) is 1. The Labute approximate surface area is 140 Å². The minimum atomic E-state index is -0.364. The van der Waals surface area contributed by atoms with Gasteiger partial charge in [-0.1, -0.05) is 6.07 Å². The van der Waals surface area contributed by atoms with Crippen molar-refractivity contribution in [2.24, 2.45) is 0 Å². The second kappa shape index (κ2) is 8.01. The van der Waals surface area contributed by atoms with Gasteiger partial charge in [0, 0.05) is 11.6 Å². The maximum atomic E-state index is 12.1. The van der Waals surface area contributed by atoms with Crippen LogP contribution >= 0.6 is 0 Å². The van der Waals surface area contributed by atoms with Gasteiger partial charge in [-0.15, -0.1) is 0 Å². The van der Waals surface area contributed by atoms with Crippen LogP contribution in [-0.2, 0) is 4.79 Å². The van der Waals surface area contributed by atoms with Crippen molar-refractivity contribution in [3.8, 4) is 17.2 Å². The van der Waals surface area contributed by atoms with Crippen LogP contribution in [0.2, 0.25) is 0 Å². The molecule has 1 amide bonds. The molecule has 24 heavy (non-hydrogen) atoms. The summed E-state index contributed by atoms with van der Waals surface area (Å²) in [6.07, 6.45) is 0. The van der Waals surface area contributed by atoms with Crippen LogP contribution in [0.25, 0.3) is 0 Å². The first-order chi connectivity index (χ1) is 11.5.